The molecule has 0 bridgehead atoms. The Morgan fingerprint density at radius 3 is 2.55 bits per heavy atom. The summed E-state index contributed by atoms with van der Waals surface area (Å²) in [5.41, 5.74) is 7.50. The normalized spacial score (nSPS) is 23.7. The molecule has 14 rings (SSSR count). The van der Waals surface area contributed by atoms with E-state index >= 15 is 0 Å². The first-order chi connectivity index (χ1) is 40.3. The number of pyridine rings is 2. The number of piperazine rings is 1. The van der Waals surface area contributed by atoms with Crippen molar-refractivity contribution in [2.24, 2.45) is 11.3 Å². The predicted octanol–water partition coefficient (Wildman–Crippen LogP) is 8.44. The number of para-hydroxylation sites is 1. The van der Waals surface area contributed by atoms with Crippen LogP contribution in [0, 0.1) is 21.4 Å². The molecule has 436 valence electrons. The molecule has 1 amide bonds. The first-order valence-corrected chi connectivity index (χ1v) is 30.9. The van der Waals surface area contributed by atoms with E-state index in [4.69, 9.17) is 33.4 Å². The topological polar surface area (TPSA) is 228 Å². The molecule has 1 aliphatic carbocycles. The lowest BCUT2D eigenvalue weighted by Crippen LogP contribution is -2.60. The third kappa shape index (κ3) is 10.1. The number of nitrogens with one attached hydrogen (secondary N) is 3. The van der Waals surface area contributed by atoms with Gasteiger partial charge in [-0.3, -0.25) is 24.8 Å². The molecule has 7 aliphatic heterocycles. The number of nitrogens with zero attached hydrogens (tertiary/aromatic N) is 7. The Kier molecular flexibility index (Phi) is 14.1. The zero-order valence-corrected chi connectivity index (χ0v) is 47.6. The van der Waals surface area contributed by atoms with Crippen LogP contribution in [-0.2, 0) is 37.3 Å². The Morgan fingerprint density at radius 1 is 0.892 bits per heavy atom. The Labute approximate surface area is 482 Å². The number of carbonyl (C=O) groups excluding carboxylic acids is 1. The van der Waals surface area contributed by atoms with Crippen molar-refractivity contribution in [3.63, 3.8) is 0 Å². The fourth-order valence-corrected chi connectivity index (χ4v) is 15.4. The van der Waals surface area contributed by atoms with E-state index in [1.54, 1.807) is 6.07 Å². The minimum Gasteiger partial charge on any atom is -0.491 e. The molecule has 1 saturated carbocycles. The van der Waals surface area contributed by atoms with E-state index in [0.29, 0.717) is 68.4 Å². The summed E-state index contributed by atoms with van der Waals surface area (Å²) in [5, 5.41) is 16.7. The molecule has 0 unspecified atom stereocenters. The first-order valence-electron chi connectivity index (χ1n) is 29.4. The van der Waals surface area contributed by atoms with E-state index in [1.807, 2.05) is 42.9 Å². The van der Waals surface area contributed by atoms with Gasteiger partial charge in [-0.05, 0) is 119 Å². The highest BCUT2D eigenvalue weighted by Crippen LogP contribution is 2.54. The van der Waals surface area contributed by atoms with Gasteiger partial charge in [0.15, 0.2) is 11.4 Å². The number of anilines is 5. The first kappa shape index (κ1) is 53.7. The number of fused-ring (bicyclic) bond motifs is 5. The summed E-state index contributed by atoms with van der Waals surface area (Å²) < 4.78 is 67.7. The van der Waals surface area contributed by atoms with Crippen LogP contribution in [0.4, 0.5) is 34.1 Å². The SMILES string of the molecule is CC(C)Oc1ccccc1[C@@H]1CN(c2cncc3c2CCOC3)CCN1C1CC2(CCN(c3ccc(C(=O)NS(=O)(=O)c4cc5c(c([N+](=O)[O-])c4)N[C@H](C4CCOCC4)CO5)c(N4c5cc6cc[nH]c6nc5O[C@H]5COCC[C@@H]54)c3)CC2)C1. The van der Waals surface area contributed by atoms with Crippen molar-refractivity contribution in [1.29, 1.82) is 0 Å². The molecule has 5 fully saturated rings. The van der Waals surface area contributed by atoms with E-state index < -0.39 is 37.5 Å². The molecule has 3 aromatic heterocycles. The lowest BCUT2D eigenvalue weighted by Gasteiger charge is -2.58. The Morgan fingerprint density at radius 2 is 1.72 bits per heavy atom. The number of piperidine rings is 1. The van der Waals surface area contributed by atoms with Crippen molar-refractivity contribution in [2.75, 3.05) is 92.4 Å². The van der Waals surface area contributed by atoms with Crippen molar-refractivity contribution in [3.05, 3.63) is 118 Å². The number of nitro benzene ring substituents is 1. The van der Waals surface area contributed by atoms with Gasteiger partial charge < -0.3 is 53.4 Å². The lowest BCUT2D eigenvalue weighted by molar-refractivity contribution is -0.384. The molecule has 21 nitrogen and oxygen atoms in total. The van der Waals surface area contributed by atoms with Gasteiger partial charge in [0, 0.05) is 105 Å². The van der Waals surface area contributed by atoms with Gasteiger partial charge in [-0.1, -0.05) is 18.2 Å². The number of nitro groups is 1. The van der Waals surface area contributed by atoms with Gasteiger partial charge >= 0.3 is 0 Å². The molecule has 6 aromatic rings. The summed E-state index contributed by atoms with van der Waals surface area (Å²) in [6, 6.07) is 20.3. The van der Waals surface area contributed by atoms with Crippen LogP contribution in [0.15, 0.2) is 90.2 Å². The van der Waals surface area contributed by atoms with Crippen LogP contribution in [0.5, 0.6) is 17.4 Å². The smallest absolute Gasteiger partial charge is 0.297 e. The number of sulfonamides is 1. The molecule has 4 atom stereocenters. The van der Waals surface area contributed by atoms with Gasteiger partial charge in [0.05, 0.1) is 77.0 Å². The van der Waals surface area contributed by atoms with Gasteiger partial charge in [-0.15, -0.1) is 0 Å². The molecule has 3 N–H and O–H groups in total. The summed E-state index contributed by atoms with van der Waals surface area (Å²) in [5.74, 6) is 0.575. The quantitative estimate of drug-likeness (QED) is 0.0771. The van der Waals surface area contributed by atoms with E-state index in [-0.39, 0.29) is 65.8 Å². The number of ether oxygens (including phenoxy) is 6. The fraction of sp³-hybridized carbons (Fsp3) is 0.492. The zero-order chi connectivity index (χ0) is 56.6. The number of carbonyl (C=O) groups is 1. The molecule has 10 heterocycles. The summed E-state index contributed by atoms with van der Waals surface area (Å²) in [6.07, 6.45) is 12.5. The van der Waals surface area contributed by atoms with E-state index in [1.165, 1.54) is 28.4 Å². The standard InChI is InChI=1S/C61H70N10O11S/c1-37(2)81-54-6-4-3-5-45(54)53-33-68(52-32-62-31-40-34-78-23-12-44(40)52)19-20-69(53)42-29-61(30-42)14-17-67(18-15-61)41-7-8-46(49(26-41)70-48-13-24-79-36-56(48)82-60-51(70)25-39-9-16-63-58(39)65-60)59(72)66-83(75,76)43-27-50(71(73)74)57-55(28-43)80-35-47(64-57)38-10-21-77-22-11-38/h3-9,16,25-28,31-32,37-38,42,47-48,53,56,64H,10-15,17-24,29-30,33-36H2,1-2H3,(H,63,65)(H,66,72)/t47-,48-,53-,56-/m0/s1. The van der Waals surface area contributed by atoms with Crippen molar-refractivity contribution in [1.82, 2.24) is 24.6 Å². The summed E-state index contributed by atoms with van der Waals surface area (Å²) in [6.45, 7) is 11.8. The highest BCUT2D eigenvalue weighted by atomic mass is 32.2. The van der Waals surface area contributed by atoms with Gasteiger partial charge in [0.2, 0.25) is 5.88 Å². The molecule has 8 aliphatic rings. The highest BCUT2D eigenvalue weighted by Gasteiger charge is 2.51. The Hall–Kier alpha value is -7.24. The maximum atomic E-state index is 15.0. The molecule has 1 spiro atoms. The third-order valence-corrected chi connectivity index (χ3v) is 20.0. The minimum atomic E-state index is -4.72. The lowest BCUT2D eigenvalue weighted by atomic mass is 9.59. The second-order valence-electron chi connectivity index (χ2n) is 24.0. The third-order valence-electron chi connectivity index (χ3n) is 18.7. The zero-order valence-electron chi connectivity index (χ0n) is 46.8. The fourth-order valence-electron chi connectivity index (χ4n) is 14.4. The summed E-state index contributed by atoms with van der Waals surface area (Å²) >= 11 is 0. The van der Waals surface area contributed by atoms with Crippen molar-refractivity contribution in [2.45, 2.75) is 113 Å². The number of aromatic amines is 1. The molecule has 83 heavy (non-hydrogen) atoms. The Balaban J connectivity index is 0.743. The van der Waals surface area contributed by atoms with Crippen LogP contribution >= 0.6 is 0 Å². The number of rotatable bonds is 12. The average Bonchev–Trinajstić information content (AvgIpc) is 4.22. The second kappa shape index (κ2) is 21.7. The summed E-state index contributed by atoms with van der Waals surface area (Å²) in [7, 11) is -4.72. The summed E-state index contributed by atoms with van der Waals surface area (Å²) in [4.78, 5) is 49.0. The second-order valence-corrected chi connectivity index (χ2v) is 25.6. The maximum Gasteiger partial charge on any atom is 0.297 e. The van der Waals surface area contributed by atoms with Gasteiger partial charge in [0.1, 0.15) is 29.8 Å². The van der Waals surface area contributed by atoms with Gasteiger partial charge in [0.25, 0.3) is 21.6 Å². The van der Waals surface area contributed by atoms with Crippen LogP contribution < -0.4 is 38.9 Å². The van der Waals surface area contributed by atoms with Crippen molar-refractivity contribution < 1.29 is 46.6 Å². The average molecular weight is 1150 g/mol. The van der Waals surface area contributed by atoms with Crippen molar-refractivity contribution >= 4 is 61.1 Å². The van der Waals surface area contributed by atoms with Crippen LogP contribution in [0.2, 0.25) is 0 Å². The number of benzene rings is 3. The van der Waals surface area contributed by atoms with Crippen LogP contribution in [0.1, 0.15) is 91.9 Å². The van der Waals surface area contributed by atoms with Gasteiger partial charge in [-0.25, -0.2) is 13.1 Å². The molecular formula is C61H70N10O11S. The van der Waals surface area contributed by atoms with Crippen LogP contribution in [0.25, 0.3) is 11.0 Å². The highest BCUT2D eigenvalue weighted by molar-refractivity contribution is 7.90. The molecule has 4 saturated heterocycles. The van der Waals surface area contributed by atoms with Crippen LogP contribution in [0.3, 0.4) is 0 Å². The molecule has 0 radical (unpaired) electrons. The monoisotopic (exact) mass is 1150 g/mol. The number of H-pyrrole nitrogens is 1. The van der Waals surface area contributed by atoms with Crippen molar-refractivity contribution in [3.8, 4) is 17.4 Å². The largest absolute Gasteiger partial charge is 0.491 e. The van der Waals surface area contributed by atoms with E-state index in [0.717, 1.165) is 101 Å². The number of hydrogen-bond donors (Lipinski definition) is 3. The maximum absolute atomic E-state index is 15.0. The number of amides is 1. The Bertz CT molecular complexity index is 3580. The molecule has 3 aromatic carbocycles. The van der Waals surface area contributed by atoms with E-state index in [9.17, 15) is 23.3 Å². The number of hydrogen-bond acceptors (Lipinski definition) is 18. The minimum absolute atomic E-state index is 0.0242. The van der Waals surface area contributed by atoms with Crippen LogP contribution in [-0.4, -0.2) is 142 Å². The predicted molar refractivity (Wildman–Crippen MR) is 311 cm³/mol. The van der Waals surface area contributed by atoms with E-state index in [2.05, 4.69) is 77.7 Å². The molecule has 22 heteroatoms. The van der Waals surface area contributed by atoms with Gasteiger partial charge in [-0.2, -0.15) is 4.98 Å². The molecular weight excluding hydrogens is 1080 g/mol. The number of aromatic nitrogens is 3.